The van der Waals surface area contributed by atoms with Crippen LogP contribution in [0, 0.1) is 11.3 Å². The first kappa shape index (κ1) is 25.5. The summed E-state index contributed by atoms with van der Waals surface area (Å²) in [7, 11) is 1.62. The fourth-order valence-corrected chi connectivity index (χ4v) is 5.19. The molecule has 1 saturated heterocycles. The average molecular weight is 469 g/mol. The molecule has 2 aliphatic rings. The molecule has 0 saturated carbocycles. The van der Waals surface area contributed by atoms with Gasteiger partial charge in [-0.2, -0.15) is 0 Å². The first-order chi connectivity index (χ1) is 16.5. The Morgan fingerprint density at radius 3 is 2.79 bits per heavy atom. The van der Waals surface area contributed by atoms with Gasteiger partial charge in [-0.1, -0.05) is 43.2 Å². The Kier molecular flexibility index (Phi) is 8.91. The van der Waals surface area contributed by atoms with Crippen LogP contribution in [0.4, 0.5) is 0 Å². The molecule has 2 atom stereocenters. The number of amides is 2. The Morgan fingerprint density at radius 2 is 2.06 bits per heavy atom. The van der Waals surface area contributed by atoms with Crippen molar-refractivity contribution in [2.24, 2.45) is 11.3 Å². The second kappa shape index (κ2) is 11.9. The zero-order chi connectivity index (χ0) is 24.6. The van der Waals surface area contributed by atoms with Crippen LogP contribution in [0.1, 0.15) is 51.0 Å². The Bertz CT molecular complexity index is 941. The first-order valence-corrected chi connectivity index (χ1v) is 12.2. The monoisotopic (exact) mass is 468 g/mol. The third-order valence-corrected chi connectivity index (χ3v) is 6.77. The van der Waals surface area contributed by atoms with Crippen molar-refractivity contribution in [2.45, 2.75) is 51.9 Å². The van der Waals surface area contributed by atoms with Crippen LogP contribution >= 0.6 is 0 Å². The highest BCUT2D eigenvalue weighted by atomic mass is 16.5. The standard InChI is InChI=1S/C27H36N2O5/c1-4-18-29-23-14-8-6-7-11-16-27(23,26(32)34-5-2)21(25(29)31)19-24(30)28-17-15-20-12-9-10-13-22(20)33-3/h4,9-10,12-14,21H,1,5-8,11,15-19H2,2-3H3,(H,28,30)/b23-14+/t21-,27-/m1/s1. The summed E-state index contributed by atoms with van der Waals surface area (Å²) in [4.78, 5) is 41.6. The maximum absolute atomic E-state index is 13.5. The molecule has 2 amide bonds. The number of likely N-dealkylation sites (tertiary alicyclic amines) is 1. The first-order valence-electron chi connectivity index (χ1n) is 12.2. The van der Waals surface area contributed by atoms with E-state index in [4.69, 9.17) is 9.47 Å². The lowest BCUT2D eigenvalue weighted by molar-refractivity contribution is -0.158. The quantitative estimate of drug-likeness (QED) is 0.417. The smallest absolute Gasteiger partial charge is 0.318 e. The van der Waals surface area contributed by atoms with E-state index in [0.29, 0.717) is 31.6 Å². The summed E-state index contributed by atoms with van der Waals surface area (Å²) < 4.78 is 10.9. The third kappa shape index (κ3) is 5.18. The van der Waals surface area contributed by atoms with Crippen molar-refractivity contribution in [1.82, 2.24) is 10.2 Å². The minimum absolute atomic E-state index is 0.0610. The highest BCUT2D eigenvalue weighted by molar-refractivity contribution is 5.98. The molecule has 184 valence electrons. The number of allylic oxidation sites excluding steroid dienone is 1. The van der Waals surface area contributed by atoms with Crippen LogP contribution in [-0.2, 0) is 25.5 Å². The Labute approximate surface area is 202 Å². The number of carbonyl (C=O) groups excluding carboxylic acids is 3. The minimum atomic E-state index is -1.13. The molecule has 1 fully saturated rings. The van der Waals surface area contributed by atoms with Gasteiger partial charge in [-0.15, -0.1) is 6.58 Å². The largest absolute Gasteiger partial charge is 0.496 e. The predicted molar refractivity (Wildman–Crippen MR) is 130 cm³/mol. The van der Waals surface area contributed by atoms with Gasteiger partial charge in [0.25, 0.3) is 0 Å². The van der Waals surface area contributed by atoms with Crippen LogP contribution in [0.25, 0.3) is 0 Å². The fourth-order valence-electron chi connectivity index (χ4n) is 5.19. The molecule has 1 aliphatic heterocycles. The Balaban J connectivity index is 1.82. The number of nitrogens with one attached hydrogen (secondary N) is 1. The zero-order valence-electron chi connectivity index (χ0n) is 20.3. The number of methoxy groups -OCH3 is 1. The normalized spacial score (nSPS) is 23.7. The van der Waals surface area contributed by atoms with E-state index in [0.717, 1.165) is 37.0 Å². The third-order valence-electron chi connectivity index (χ3n) is 6.77. The lowest BCUT2D eigenvalue weighted by atomic mass is 9.69. The van der Waals surface area contributed by atoms with Gasteiger partial charge in [0.2, 0.25) is 11.8 Å². The molecule has 0 unspecified atom stereocenters. The van der Waals surface area contributed by atoms with Crippen molar-refractivity contribution < 1.29 is 23.9 Å². The molecule has 7 nitrogen and oxygen atoms in total. The van der Waals surface area contributed by atoms with E-state index >= 15 is 0 Å². The average Bonchev–Trinajstić information content (AvgIpc) is 3.02. The zero-order valence-corrected chi connectivity index (χ0v) is 20.3. The molecular weight excluding hydrogens is 432 g/mol. The highest BCUT2D eigenvalue weighted by Gasteiger charge is 2.61. The summed E-state index contributed by atoms with van der Waals surface area (Å²) in [6.07, 6.45) is 8.26. The Hall–Kier alpha value is -3.09. The van der Waals surface area contributed by atoms with Crippen molar-refractivity contribution in [3.05, 3.63) is 54.3 Å². The highest BCUT2D eigenvalue weighted by Crippen LogP contribution is 2.52. The SMILES string of the molecule is C=CCN1C(=O)[C@@H](CC(=O)NCCc2ccccc2OC)[C@]2(C(=O)OCC)CCCCC/C=C/12. The van der Waals surface area contributed by atoms with Gasteiger partial charge in [0.1, 0.15) is 11.2 Å². The summed E-state index contributed by atoms with van der Waals surface area (Å²) in [5.41, 5.74) is 0.547. The van der Waals surface area contributed by atoms with E-state index in [9.17, 15) is 14.4 Å². The lowest BCUT2D eigenvalue weighted by Crippen LogP contribution is -2.42. The second-order valence-corrected chi connectivity index (χ2v) is 8.79. The van der Waals surface area contributed by atoms with Crippen LogP contribution in [0.5, 0.6) is 5.75 Å². The molecule has 1 aromatic carbocycles. The number of para-hydroxylation sites is 1. The van der Waals surface area contributed by atoms with Crippen LogP contribution in [0.3, 0.4) is 0 Å². The molecule has 0 aromatic heterocycles. The van der Waals surface area contributed by atoms with Gasteiger partial charge in [-0.3, -0.25) is 14.4 Å². The van der Waals surface area contributed by atoms with Crippen LogP contribution in [0.2, 0.25) is 0 Å². The summed E-state index contributed by atoms with van der Waals surface area (Å²) in [6.45, 7) is 6.48. The van der Waals surface area contributed by atoms with Crippen molar-refractivity contribution in [3.63, 3.8) is 0 Å². The van der Waals surface area contributed by atoms with Crippen LogP contribution in [-0.4, -0.2) is 49.5 Å². The molecule has 0 bridgehead atoms. The summed E-state index contributed by atoms with van der Waals surface area (Å²) in [6, 6.07) is 7.67. The van der Waals surface area contributed by atoms with Gasteiger partial charge in [-0.05, 0) is 44.2 Å². The molecule has 1 aliphatic carbocycles. The van der Waals surface area contributed by atoms with Crippen molar-refractivity contribution in [3.8, 4) is 5.75 Å². The van der Waals surface area contributed by atoms with Gasteiger partial charge in [0.05, 0.1) is 19.6 Å². The summed E-state index contributed by atoms with van der Waals surface area (Å²) >= 11 is 0. The maximum atomic E-state index is 13.5. The minimum Gasteiger partial charge on any atom is -0.496 e. The number of esters is 1. The van der Waals surface area contributed by atoms with Gasteiger partial charge < -0.3 is 19.7 Å². The molecule has 3 rings (SSSR count). The van der Waals surface area contributed by atoms with E-state index in [2.05, 4.69) is 11.9 Å². The number of hydrogen-bond donors (Lipinski definition) is 1. The summed E-state index contributed by atoms with van der Waals surface area (Å²) in [5, 5.41) is 2.93. The number of nitrogens with zero attached hydrogens (tertiary/aromatic N) is 1. The van der Waals surface area contributed by atoms with Crippen LogP contribution < -0.4 is 10.1 Å². The van der Waals surface area contributed by atoms with Gasteiger partial charge in [-0.25, -0.2) is 0 Å². The maximum Gasteiger partial charge on any atom is 0.318 e. The number of carbonyl (C=O) groups is 3. The molecule has 1 aromatic rings. The number of rotatable bonds is 10. The fraction of sp³-hybridized carbons (Fsp3) is 0.519. The number of hydrogen-bond acceptors (Lipinski definition) is 5. The van der Waals surface area contributed by atoms with E-state index in [1.165, 1.54) is 0 Å². The van der Waals surface area contributed by atoms with E-state index < -0.39 is 17.3 Å². The predicted octanol–water partition coefficient (Wildman–Crippen LogP) is 3.79. The van der Waals surface area contributed by atoms with Gasteiger partial charge in [0, 0.05) is 25.2 Å². The van der Waals surface area contributed by atoms with E-state index in [-0.39, 0.29) is 24.8 Å². The van der Waals surface area contributed by atoms with Gasteiger partial charge >= 0.3 is 5.97 Å². The van der Waals surface area contributed by atoms with Crippen molar-refractivity contribution in [2.75, 3.05) is 26.8 Å². The van der Waals surface area contributed by atoms with Crippen molar-refractivity contribution in [1.29, 1.82) is 0 Å². The summed E-state index contributed by atoms with van der Waals surface area (Å²) in [5.74, 6) is -0.884. The topological polar surface area (TPSA) is 84.9 Å². The Morgan fingerprint density at radius 1 is 1.26 bits per heavy atom. The second-order valence-electron chi connectivity index (χ2n) is 8.79. The van der Waals surface area contributed by atoms with Gasteiger partial charge in [0.15, 0.2) is 0 Å². The molecule has 0 radical (unpaired) electrons. The number of ether oxygens (including phenoxy) is 2. The molecule has 1 heterocycles. The van der Waals surface area contributed by atoms with Crippen molar-refractivity contribution >= 4 is 17.8 Å². The molecule has 34 heavy (non-hydrogen) atoms. The lowest BCUT2D eigenvalue weighted by Gasteiger charge is -2.34. The molecule has 0 spiro atoms. The molecule has 1 N–H and O–H groups in total. The number of fused-ring (bicyclic) bond motifs is 1. The van der Waals surface area contributed by atoms with Crippen LogP contribution in [0.15, 0.2) is 48.7 Å². The number of benzene rings is 1. The van der Waals surface area contributed by atoms with E-state index in [1.807, 2.05) is 30.3 Å². The molecule has 7 heteroatoms. The molecular formula is C27H36N2O5. The van der Waals surface area contributed by atoms with E-state index in [1.54, 1.807) is 25.0 Å².